The van der Waals surface area contributed by atoms with Crippen molar-refractivity contribution >= 4 is 65.7 Å². The van der Waals surface area contributed by atoms with Crippen LogP contribution in [0.3, 0.4) is 0 Å². The topological polar surface area (TPSA) is 337 Å². The fraction of sp³-hybridized carbons (Fsp3) is 0.682. The number of aliphatic imine (C=N–C) groups is 1. The molecule has 6 fully saturated rings. The number of isocyanates is 1. The minimum absolute atomic E-state index is 0. The number of primary amides is 2. The number of nitrogens with one attached hydrogen (secondary N) is 4. The van der Waals surface area contributed by atoms with Crippen LogP contribution in [0.25, 0.3) is 0 Å². The molecular formula is C66H101ClN10O12. The summed E-state index contributed by atoms with van der Waals surface area (Å²) in [6.07, 6.45) is 4.87. The van der Waals surface area contributed by atoms with Crippen LogP contribution in [0.15, 0.2) is 65.7 Å². The normalized spacial score (nSPS) is 23.6. The van der Waals surface area contributed by atoms with Gasteiger partial charge in [-0.1, -0.05) is 156 Å². The first-order chi connectivity index (χ1) is 40.8. The summed E-state index contributed by atoms with van der Waals surface area (Å²) in [5.41, 5.74) is 16.4. The number of piperidine rings is 2. The van der Waals surface area contributed by atoms with Crippen molar-refractivity contribution in [2.24, 2.45) is 79.4 Å². The Morgan fingerprint density at radius 1 is 0.663 bits per heavy atom. The van der Waals surface area contributed by atoms with Crippen LogP contribution in [0.4, 0.5) is 4.79 Å². The number of amides is 8. The molecule has 2 aliphatic heterocycles. The second-order valence-corrected chi connectivity index (χ2v) is 30.0. The zero-order valence-electron chi connectivity index (χ0n) is 54.7. The number of carbonyl (C=O) groups excluding carboxylic acids is 9. The SMILES string of the molecule is CC(C)(COCc1ccccc1)N=C=O.CC(C)(COCc1ccccc1)NC(=O)N[C@H](C(=O)N1CC2C([C@H]1C(=O)NC(CC1CC1)C(=O)C(N)=O)C2(C)C)C(C)(C)C.CC1(C)C2CN(C(=O)[C@@H](N)C(C)(C)C)[C@H](C(=O)NC(CC3CC3)C(O)C(N)=O)C21.Cl. The van der Waals surface area contributed by atoms with E-state index in [-0.39, 0.29) is 77.2 Å². The smallest absolute Gasteiger partial charge is 0.315 e. The molecule has 0 spiro atoms. The molecule has 2 aromatic rings. The van der Waals surface area contributed by atoms with Gasteiger partial charge in [0.25, 0.3) is 5.91 Å². The molecule has 11 atom stereocenters. The molecule has 4 saturated carbocycles. The quantitative estimate of drug-likeness (QED) is 0.0359. The number of ketones is 1. The highest BCUT2D eigenvalue weighted by Gasteiger charge is 2.71. The Kier molecular flexibility index (Phi) is 24.2. The Labute approximate surface area is 531 Å². The van der Waals surface area contributed by atoms with Gasteiger partial charge in [-0.3, -0.25) is 33.6 Å². The van der Waals surface area contributed by atoms with Gasteiger partial charge in [0, 0.05) is 13.1 Å². The first kappa shape index (κ1) is 73.4. The Morgan fingerprint density at radius 3 is 1.54 bits per heavy atom. The molecule has 0 aromatic heterocycles. The average Bonchev–Trinajstić information content (AvgIpc) is 1.54. The Balaban J connectivity index is 0.000000273. The van der Waals surface area contributed by atoms with Gasteiger partial charge in [-0.05, 0) is 109 Å². The lowest BCUT2D eigenvalue weighted by Gasteiger charge is -2.38. The van der Waals surface area contributed by atoms with E-state index in [1.807, 2.05) is 130 Å². The maximum atomic E-state index is 14.2. The van der Waals surface area contributed by atoms with E-state index in [4.69, 9.17) is 26.7 Å². The summed E-state index contributed by atoms with van der Waals surface area (Å²) in [6, 6.07) is 14.2. The van der Waals surface area contributed by atoms with Gasteiger partial charge in [-0.2, -0.15) is 4.99 Å². The number of likely N-dealkylation sites (tertiary alicyclic amines) is 2. The van der Waals surface area contributed by atoms with Crippen LogP contribution in [0.5, 0.6) is 0 Å². The molecule has 8 rings (SSSR count). The van der Waals surface area contributed by atoms with Crippen molar-refractivity contribution in [1.29, 1.82) is 0 Å². The number of urea groups is 1. The molecule has 7 unspecified atom stereocenters. The van der Waals surface area contributed by atoms with E-state index in [2.05, 4.69) is 54.0 Å². The number of hydrogen-bond donors (Lipinski definition) is 8. The van der Waals surface area contributed by atoms with Crippen LogP contribution in [0.1, 0.15) is 147 Å². The lowest BCUT2D eigenvalue weighted by Crippen LogP contribution is -2.62. The van der Waals surface area contributed by atoms with E-state index < -0.39 is 93.8 Å². The Hall–Kier alpha value is -6.29. The number of nitrogens with two attached hydrogens (primary N) is 3. The number of halogens is 1. The molecule has 494 valence electrons. The second kappa shape index (κ2) is 29.3. The highest BCUT2D eigenvalue weighted by atomic mass is 35.5. The highest BCUT2D eigenvalue weighted by Crippen LogP contribution is 2.66. The molecule has 23 heteroatoms. The van der Waals surface area contributed by atoms with E-state index in [1.165, 1.54) is 0 Å². The zero-order valence-corrected chi connectivity index (χ0v) is 55.5. The minimum Gasteiger partial charge on any atom is -0.381 e. The van der Waals surface area contributed by atoms with Crippen molar-refractivity contribution in [2.75, 3.05) is 26.3 Å². The number of fused-ring (bicyclic) bond motifs is 2. The van der Waals surface area contributed by atoms with Gasteiger partial charge >= 0.3 is 6.03 Å². The van der Waals surface area contributed by atoms with Gasteiger partial charge < -0.3 is 62.8 Å². The number of hydrogen-bond acceptors (Lipinski definition) is 14. The van der Waals surface area contributed by atoms with Gasteiger partial charge in [0.15, 0.2) is 6.10 Å². The summed E-state index contributed by atoms with van der Waals surface area (Å²) in [6.45, 7) is 29.5. The second-order valence-electron chi connectivity index (χ2n) is 30.0. The molecule has 6 aliphatic rings. The number of ether oxygens (including phenoxy) is 2. The van der Waals surface area contributed by atoms with Crippen molar-refractivity contribution in [3.05, 3.63) is 71.8 Å². The largest absolute Gasteiger partial charge is 0.381 e. The molecule has 2 aromatic carbocycles. The van der Waals surface area contributed by atoms with Gasteiger partial charge in [0.2, 0.25) is 41.4 Å². The van der Waals surface area contributed by atoms with Crippen molar-refractivity contribution < 1.29 is 57.7 Å². The Morgan fingerprint density at radius 2 is 1.11 bits per heavy atom. The zero-order chi connectivity index (χ0) is 65.6. The first-order valence-corrected chi connectivity index (χ1v) is 31.0. The molecule has 11 N–H and O–H groups in total. The van der Waals surface area contributed by atoms with Gasteiger partial charge in [0.1, 0.15) is 18.1 Å². The van der Waals surface area contributed by atoms with Crippen molar-refractivity contribution in [3.63, 3.8) is 0 Å². The van der Waals surface area contributed by atoms with Crippen LogP contribution in [0.2, 0.25) is 0 Å². The van der Waals surface area contributed by atoms with E-state index in [9.17, 15) is 48.3 Å². The van der Waals surface area contributed by atoms with Crippen LogP contribution >= 0.6 is 12.4 Å². The summed E-state index contributed by atoms with van der Waals surface area (Å²) in [4.78, 5) is 120. The number of Topliss-reactive ketones (excluding diaryl/α,β-unsaturated/α-hetero) is 1. The maximum Gasteiger partial charge on any atom is 0.315 e. The Bertz CT molecular complexity index is 2880. The van der Waals surface area contributed by atoms with E-state index in [0.29, 0.717) is 51.7 Å². The minimum atomic E-state index is -1.44. The third-order valence-electron chi connectivity index (χ3n) is 18.5. The van der Waals surface area contributed by atoms with Crippen LogP contribution < -0.4 is 38.5 Å². The van der Waals surface area contributed by atoms with E-state index in [0.717, 1.165) is 36.8 Å². The van der Waals surface area contributed by atoms with Crippen LogP contribution in [0, 0.1) is 57.2 Å². The fourth-order valence-electron chi connectivity index (χ4n) is 12.4. The monoisotopic (exact) mass is 1260 g/mol. The molecular weight excluding hydrogens is 1160 g/mol. The van der Waals surface area contributed by atoms with Crippen molar-refractivity contribution in [3.8, 4) is 0 Å². The lowest BCUT2D eigenvalue weighted by atomic mass is 9.85. The van der Waals surface area contributed by atoms with Crippen LogP contribution in [-0.2, 0) is 61.0 Å². The number of aliphatic hydroxyl groups is 1. The van der Waals surface area contributed by atoms with Gasteiger partial charge in [0.05, 0.1) is 55.6 Å². The predicted octanol–water partition coefficient (Wildman–Crippen LogP) is 5.23. The van der Waals surface area contributed by atoms with Crippen molar-refractivity contribution in [2.45, 2.75) is 202 Å². The molecule has 89 heavy (non-hydrogen) atoms. The summed E-state index contributed by atoms with van der Waals surface area (Å²) < 4.78 is 11.3. The van der Waals surface area contributed by atoms with Crippen LogP contribution in [-0.4, -0.2) is 148 Å². The lowest BCUT2D eigenvalue weighted by molar-refractivity contribution is -0.145. The molecule has 22 nitrogen and oxygen atoms in total. The first-order valence-electron chi connectivity index (χ1n) is 31.0. The number of nitrogens with zero attached hydrogens (tertiary/aromatic N) is 3. The fourth-order valence-corrected chi connectivity index (χ4v) is 12.4. The van der Waals surface area contributed by atoms with E-state index >= 15 is 0 Å². The molecule has 4 aliphatic carbocycles. The summed E-state index contributed by atoms with van der Waals surface area (Å²) in [7, 11) is 0. The standard InChI is InChI=1S/C33H49N5O6.C21H36N4O4.C12H15NO2.ClH/c1-31(2,3)26(36-30(43)37-32(4,5)18-44-17-20-11-9-8-10-12-20)29(42)38-16-21-23(33(21,6)7)24(38)28(41)35-22(15-19-13-14-19)25(39)27(34)40;1-20(2,3)16(22)19(29)25-9-11-13(21(11,4)5)14(25)18(28)24-12(8-10-6-7-10)15(26)17(23)27;1-12(2,13-10-14)9-15-8-11-6-4-3-5-7-11;/h8-12,19,21-24,26H,13-18H2,1-7H3,(H2,34,40)(H,35,41)(H2,36,37,43);10-16,26H,6-9,22H2,1-5H3,(H2,23,27)(H,24,28);3-7H,8-9H2,1-2H3;1H/t21?,22?,23?,24-,26+;11?,12?,13?,14-,15?,16+;;/m00../s1. The number of rotatable bonds is 25. The summed E-state index contributed by atoms with van der Waals surface area (Å²) >= 11 is 0. The molecule has 8 amide bonds. The molecule has 0 radical (unpaired) electrons. The van der Waals surface area contributed by atoms with Crippen molar-refractivity contribution in [1.82, 2.24) is 31.1 Å². The third kappa shape index (κ3) is 19.6. The number of benzene rings is 2. The number of carbonyl (C=O) groups is 8. The highest BCUT2D eigenvalue weighted by molar-refractivity contribution is 6.37. The maximum absolute atomic E-state index is 14.2. The predicted molar refractivity (Wildman–Crippen MR) is 339 cm³/mol. The third-order valence-corrected chi connectivity index (χ3v) is 18.5. The summed E-state index contributed by atoms with van der Waals surface area (Å²) in [5, 5.41) is 21.6. The molecule has 0 bridgehead atoms. The average molecular weight is 1260 g/mol. The van der Waals surface area contributed by atoms with Gasteiger partial charge in [-0.25, -0.2) is 9.59 Å². The molecule has 2 heterocycles. The van der Waals surface area contributed by atoms with Gasteiger partial charge in [-0.15, -0.1) is 12.4 Å². The van der Waals surface area contributed by atoms with E-state index in [1.54, 1.807) is 15.9 Å². The summed E-state index contributed by atoms with van der Waals surface area (Å²) in [5.74, 6) is -3.22. The molecule has 2 saturated heterocycles. The number of aliphatic hydroxyl groups excluding tert-OH is 1.